The van der Waals surface area contributed by atoms with Gasteiger partial charge in [0.1, 0.15) is 5.75 Å². The normalized spacial score (nSPS) is 14.4. The van der Waals surface area contributed by atoms with Gasteiger partial charge < -0.3 is 20.7 Å². The second kappa shape index (κ2) is 13.1. The molecule has 10 heteroatoms. The number of nitrogens with one attached hydrogen (secondary N) is 1. The SMILES string of the molecule is COc1ccc(CN2C(=O)C(NC(=O)CCc3ccc(Cl)cc3Cl)N=C(c3ccc(C(N)=O)cc3)c3ccccc32)cc1. The van der Waals surface area contributed by atoms with Crippen LogP contribution in [0, 0.1) is 0 Å². The molecule has 3 amide bonds. The third-order valence-electron chi connectivity index (χ3n) is 7.08. The summed E-state index contributed by atoms with van der Waals surface area (Å²) in [6, 6.07) is 26.6. The Morgan fingerprint density at radius 1 is 0.977 bits per heavy atom. The summed E-state index contributed by atoms with van der Waals surface area (Å²) < 4.78 is 5.28. The van der Waals surface area contributed by atoms with Gasteiger partial charge in [0.2, 0.25) is 18.0 Å². The minimum absolute atomic E-state index is 0.0781. The molecule has 1 aliphatic heterocycles. The number of aliphatic imine (C=N–C) groups is 1. The number of aryl methyl sites for hydroxylation is 1. The van der Waals surface area contributed by atoms with E-state index in [2.05, 4.69) is 5.32 Å². The fourth-order valence-corrected chi connectivity index (χ4v) is 5.32. The number of carbonyl (C=O) groups is 3. The van der Waals surface area contributed by atoms with Crippen molar-refractivity contribution in [1.82, 2.24) is 5.32 Å². The van der Waals surface area contributed by atoms with Crippen molar-refractivity contribution in [2.45, 2.75) is 25.6 Å². The molecule has 0 spiro atoms. The predicted molar refractivity (Wildman–Crippen MR) is 168 cm³/mol. The van der Waals surface area contributed by atoms with Crippen LogP contribution in [-0.2, 0) is 22.6 Å². The molecule has 0 aliphatic carbocycles. The molecule has 0 fully saturated rings. The first-order chi connectivity index (χ1) is 20.7. The van der Waals surface area contributed by atoms with Gasteiger partial charge in [-0.1, -0.05) is 71.7 Å². The third kappa shape index (κ3) is 6.88. The van der Waals surface area contributed by atoms with Crippen molar-refractivity contribution in [1.29, 1.82) is 0 Å². The van der Waals surface area contributed by atoms with Crippen molar-refractivity contribution < 1.29 is 19.1 Å². The van der Waals surface area contributed by atoms with Gasteiger partial charge in [0, 0.05) is 33.2 Å². The zero-order chi connectivity index (χ0) is 30.5. The molecule has 0 saturated carbocycles. The van der Waals surface area contributed by atoms with Crippen molar-refractivity contribution in [3.63, 3.8) is 0 Å². The number of halogens is 2. The fraction of sp³-hybridized carbons (Fsp3) is 0.152. The van der Waals surface area contributed by atoms with Crippen molar-refractivity contribution in [2.24, 2.45) is 10.7 Å². The Labute approximate surface area is 259 Å². The highest BCUT2D eigenvalue weighted by Crippen LogP contribution is 2.30. The first kappa shape index (κ1) is 29.8. The van der Waals surface area contributed by atoms with Gasteiger partial charge in [-0.2, -0.15) is 0 Å². The number of benzodiazepines with no additional fused rings is 1. The number of amides is 3. The lowest BCUT2D eigenvalue weighted by Crippen LogP contribution is -2.47. The van der Waals surface area contributed by atoms with Crippen molar-refractivity contribution in [3.8, 4) is 5.75 Å². The predicted octanol–water partition coefficient (Wildman–Crippen LogP) is 5.56. The Kier molecular flexibility index (Phi) is 9.09. The average Bonchev–Trinajstić information content (AvgIpc) is 3.12. The molecule has 218 valence electrons. The summed E-state index contributed by atoms with van der Waals surface area (Å²) in [7, 11) is 1.59. The highest BCUT2D eigenvalue weighted by molar-refractivity contribution is 6.35. The van der Waals surface area contributed by atoms with E-state index in [0.29, 0.717) is 50.3 Å². The van der Waals surface area contributed by atoms with E-state index in [1.165, 1.54) is 0 Å². The van der Waals surface area contributed by atoms with E-state index < -0.39 is 18.0 Å². The summed E-state index contributed by atoms with van der Waals surface area (Å²) in [6.07, 6.45) is -0.789. The van der Waals surface area contributed by atoms with Crippen LogP contribution in [0.5, 0.6) is 5.75 Å². The van der Waals surface area contributed by atoms with Crippen LogP contribution in [0.25, 0.3) is 0 Å². The molecular weight excluding hydrogens is 587 g/mol. The van der Waals surface area contributed by atoms with Gasteiger partial charge in [-0.25, -0.2) is 4.99 Å². The van der Waals surface area contributed by atoms with Crippen LogP contribution in [0.1, 0.15) is 39.0 Å². The summed E-state index contributed by atoms with van der Waals surface area (Å²) in [5, 5.41) is 3.80. The van der Waals surface area contributed by atoms with Crippen LogP contribution >= 0.6 is 23.2 Å². The molecule has 43 heavy (non-hydrogen) atoms. The Morgan fingerprint density at radius 3 is 2.37 bits per heavy atom. The number of fused-ring (bicyclic) bond motifs is 1. The molecule has 1 unspecified atom stereocenters. The van der Waals surface area contributed by atoms with Crippen LogP contribution in [0.2, 0.25) is 10.0 Å². The molecule has 5 rings (SSSR count). The lowest BCUT2D eigenvalue weighted by atomic mass is 9.99. The summed E-state index contributed by atoms with van der Waals surface area (Å²) >= 11 is 12.3. The summed E-state index contributed by atoms with van der Waals surface area (Å²) in [5.41, 5.74) is 9.88. The van der Waals surface area contributed by atoms with Gasteiger partial charge >= 0.3 is 0 Å². The van der Waals surface area contributed by atoms with Crippen LogP contribution in [-0.4, -0.2) is 36.7 Å². The maximum absolute atomic E-state index is 14.1. The molecule has 8 nitrogen and oxygen atoms in total. The Morgan fingerprint density at radius 2 is 1.70 bits per heavy atom. The van der Waals surface area contributed by atoms with Crippen LogP contribution < -0.4 is 20.7 Å². The lowest BCUT2D eigenvalue weighted by molar-refractivity contribution is -0.127. The highest BCUT2D eigenvalue weighted by Gasteiger charge is 2.33. The quantitative estimate of drug-likeness (QED) is 0.257. The van der Waals surface area contributed by atoms with E-state index in [9.17, 15) is 14.4 Å². The lowest BCUT2D eigenvalue weighted by Gasteiger charge is -2.25. The molecule has 4 aromatic rings. The Balaban J connectivity index is 1.51. The van der Waals surface area contributed by atoms with E-state index in [1.807, 2.05) is 48.5 Å². The van der Waals surface area contributed by atoms with Gasteiger partial charge in [0.05, 0.1) is 25.1 Å². The third-order valence-corrected chi connectivity index (χ3v) is 7.67. The number of nitrogens with zero attached hydrogens (tertiary/aromatic N) is 2. The standard InChI is InChI=1S/C33H28Cl2N4O4/c1-43-25-15-6-20(7-16-25)19-39-28-5-3-2-4-26(28)30(22-8-10-23(11-9-22)31(36)41)38-32(33(39)42)37-29(40)17-13-21-12-14-24(34)18-27(21)35/h2-12,14-16,18,32H,13,17,19H2,1H3,(H2,36,41)(H,37,40). The number of methoxy groups -OCH3 is 1. The Hall–Kier alpha value is -4.66. The second-order valence-electron chi connectivity index (χ2n) is 9.91. The zero-order valence-corrected chi connectivity index (χ0v) is 24.7. The van der Waals surface area contributed by atoms with Gasteiger partial charge in [0.25, 0.3) is 5.91 Å². The molecule has 1 heterocycles. The maximum atomic E-state index is 14.1. The maximum Gasteiger partial charge on any atom is 0.272 e. The number of benzene rings is 4. The zero-order valence-electron chi connectivity index (χ0n) is 23.2. The number of anilines is 1. The molecule has 0 radical (unpaired) electrons. The monoisotopic (exact) mass is 614 g/mol. The average molecular weight is 616 g/mol. The number of primary amides is 1. The highest BCUT2D eigenvalue weighted by atomic mass is 35.5. The minimum Gasteiger partial charge on any atom is -0.497 e. The smallest absolute Gasteiger partial charge is 0.272 e. The number of para-hydroxylation sites is 1. The number of nitrogens with two attached hydrogens (primary N) is 1. The van der Waals surface area contributed by atoms with Gasteiger partial charge in [-0.05, 0) is 60.0 Å². The van der Waals surface area contributed by atoms with E-state index in [-0.39, 0.29) is 18.9 Å². The van der Waals surface area contributed by atoms with E-state index >= 15 is 0 Å². The minimum atomic E-state index is -1.22. The van der Waals surface area contributed by atoms with Crippen LogP contribution in [0.4, 0.5) is 5.69 Å². The Bertz CT molecular complexity index is 1710. The molecule has 1 atom stereocenters. The molecule has 3 N–H and O–H groups in total. The van der Waals surface area contributed by atoms with Gasteiger partial charge in [-0.15, -0.1) is 0 Å². The topological polar surface area (TPSA) is 114 Å². The van der Waals surface area contributed by atoms with E-state index in [1.54, 1.807) is 54.5 Å². The number of hydrogen-bond acceptors (Lipinski definition) is 5. The van der Waals surface area contributed by atoms with Crippen molar-refractivity contribution >= 4 is 52.3 Å². The van der Waals surface area contributed by atoms with E-state index in [0.717, 1.165) is 11.1 Å². The summed E-state index contributed by atoms with van der Waals surface area (Å²) in [5.74, 6) is -0.624. The fourth-order valence-electron chi connectivity index (χ4n) is 4.82. The first-order valence-electron chi connectivity index (χ1n) is 13.5. The van der Waals surface area contributed by atoms with Crippen LogP contribution in [0.15, 0.2) is 96.0 Å². The summed E-state index contributed by atoms with van der Waals surface area (Å²) in [6.45, 7) is 0.232. The van der Waals surface area contributed by atoms with Gasteiger partial charge in [-0.3, -0.25) is 14.4 Å². The molecule has 0 bridgehead atoms. The molecule has 0 saturated heterocycles. The molecule has 1 aliphatic rings. The molecule has 0 aromatic heterocycles. The molecule has 4 aromatic carbocycles. The van der Waals surface area contributed by atoms with Crippen molar-refractivity contribution in [2.75, 3.05) is 12.0 Å². The van der Waals surface area contributed by atoms with Crippen molar-refractivity contribution in [3.05, 3.63) is 129 Å². The number of hydrogen-bond donors (Lipinski definition) is 2. The van der Waals surface area contributed by atoms with Crippen LogP contribution in [0.3, 0.4) is 0 Å². The largest absolute Gasteiger partial charge is 0.497 e. The first-order valence-corrected chi connectivity index (χ1v) is 14.2. The number of carbonyl (C=O) groups excluding carboxylic acids is 3. The second-order valence-corrected chi connectivity index (χ2v) is 10.8. The number of ether oxygens (including phenoxy) is 1. The molecular formula is C33H28Cl2N4O4. The van der Waals surface area contributed by atoms with Gasteiger partial charge in [0.15, 0.2) is 0 Å². The number of rotatable bonds is 9. The summed E-state index contributed by atoms with van der Waals surface area (Å²) in [4.78, 5) is 45.5. The van der Waals surface area contributed by atoms with E-state index in [4.69, 9.17) is 38.7 Å².